The lowest BCUT2D eigenvalue weighted by molar-refractivity contribution is -0.131. The molecule has 1 aromatic rings. The van der Waals surface area contributed by atoms with Crippen molar-refractivity contribution in [1.29, 1.82) is 0 Å². The number of phenols is 1. The minimum atomic E-state index is -0.198. The van der Waals surface area contributed by atoms with E-state index in [0.29, 0.717) is 0 Å². The summed E-state index contributed by atoms with van der Waals surface area (Å²) in [4.78, 5) is 13.7. The Balaban J connectivity index is 2.88. The van der Waals surface area contributed by atoms with E-state index >= 15 is 0 Å². The summed E-state index contributed by atoms with van der Waals surface area (Å²) in [6, 6.07) is 6.95. The largest absolute Gasteiger partial charge is 0.508 e. The highest BCUT2D eigenvalue weighted by molar-refractivity contribution is 9.10. The number of aromatic hydroxyl groups is 1. The predicted octanol–water partition coefficient (Wildman–Crippen LogP) is 3.33. The first-order valence-corrected chi connectivity index (χ1v) is 6.96. The Morgan fingerprint density at radius 2 is 1.83 bits per heavy atom. The third-order valence-electron chi connectivity index (χ3n) is 3.14. The zero-order valence-electron chi connectivity index (χ0n) is 11.2. The van der Waals surface area contributed by atoms with Crippen LogP contribution in [-0.4, -0.2) is 27.8 Å². The predicted molar refractivity (Wildman–Crippen MR) is 76.8 cm³/mol. The molecular formula is C14H20BrNO2. The molecular weight excluding hydrogens is 294 g/mol. The van der Waals surface area contributed by atoms with Crippen molar-refractivity contribution in [3.8, 4) is 5.75 Å². The van der Waals surface area contributed by atoms with Gasteiger partial charge in [0, 0.05) is 12.6 Å². The van der Waals surface area contributed by atoms with E-state index < -0.39 is 0 Å². The van der Waals surface area contributed by atoms with Crippen molar-refractivity contribution in [3.63, 3.8) is 0 Å². The number of alkyl halides is 1. The Bertz CT molecular complexity index is 420. The molecule has 1 aromatic carbocycles. The maximum absolute atomic E-state index is 12.2. The van der Waals surface area contributed by atoms with Crippen LogP contribution in [0, 0.1) is 5.92 Å². The lowest BCUT2D eigenvalue weighted by atomic mass is 10.0. The van der Waals surface area contributed by atoms with Crippen LogP contribution in [0.15, 0.2) is 24.3 Å². The van der Waals surface area contributed by atoms with Gasteiger partial charge in [-0.05, 0) is 18.9 Å². The van der Waals surface area contributed by atoms with Gasteiger partial charge >= 0.3 is 0 Å². The summed E-state index contributed by atoms with van der Waals surface area (Å²) < 4.78 is 0. The van der Waals surface area contributed by atoms with Crippen molar-refractivity contribution in [2.75, 3.05) is 7.05 Å². The Morgan fingerprint density at radius 3 is 2.33 bits per heavy atom. The molecule has 2 unspecified atom stereocenters. The molecule has 0 aromatic heterocycles. The Hall–Kier alpha value is -1.03. The number of phenolic OH excluding ortho intramolecular Hbond substituents is 1. The van der Waals surface area contributed by atoms with E-state index in [1.807, 2.05) is 32.9 Å². The topological polar surface area (TPSA) is 40.5 Å². The molecule has 0 radical (unpaired) electrons. The monoisotopic (exact) mass is 313 g/mol. The van der Waals surface area contributed by atoms with Gasteiger partial charge in [0.15, 0.2) is 0 Å². The average molecular weight is 314 g/mol. The number of hydrogen-bond acceptors (Lipinski definition) is 2. The first kappa shape index (κ1) is 15.0. The van der Waals surface area contributed by atoms with Crippen molar-refractivity contribution in [2.24, 2.45) is 5.92 Å². The molecule has 2 atom stereocenters. The minimum Gasteiger partial charge on any atom is -0.508 e. The van der Waals surface area contributed by atoms with E-state index in [4.69, 9.17) is 0 Å². The van der Waals surface area contributed by atoms with Gasteiger partial charge in [0.1, 0.15) is 5.75 Å². The molecule has 0 aliphatic heterocycles. The summed E-state index contributed by atoms with van der Waals surface area (Å²) in [5.41, 5.74) is 0.761. The van der Waals surface area contributed by atoms with Crippen molar-refractivity contribution in [2.45, 2.75) is 31.6 Å². The molecule has 3 nitrogen and oxygen atoms in total. The summed E-state index contributed by atoms with van der Waals surface area (Å²) in [6.45, 7) is 5.90. The van der Waals surface area contributed by atoms with Gasteiger partial charge in [-0.2, -0.15) is 0 Å². The van der Waals surface area contributed by atoms with Gasteiger partial charge in [0.25, 0.3) is 0 Å². The SMILES string of the molecule is CC(C)C(Br)C(=O)N(C)C(C)c1ccccc1O. The molecule has 100 valence electrons. The normalized spacial score (nSPS) is 14.3. The summed E-state index contributed by atoms with van der Waals surface area (Å²) in [5.74, 6) is 0.484. The first-order valence-electron chi connectivity index (χ1n) is 6.05. The molecule has 0 heterocycles. The zero-order valence-corrected chi connectivity index (χ0v) is 12.8. The van der Waals surface area contributed by atoms with Crippen LogP contribution in [0.5, 0.6) is 5.75 Å². The van der Waals surface area contributed by atoms with Gasteiger partial charge in [0.05, 0.1) is 10.9 Å². The smallest absolute Gasteiger partial charge is 0.236 e. The fourth-order valence-corrected chi connectivity index (χ4v) is 2.04. The van der Waals surface area contributed by atoms with Crippen LogP contribution in [0.25, 0.3) is 0 Å². The van der Waals surface area contributed by atoms with Crippen molar-refractivity contribution in [1.82, 2.24) is 4.90 Å². The molecule has 1 N–H and O–H groups in total. The number of amides is 1. The van der Waals surface area contributed by atoms with Crippen LogP contribution < -0.4 is 0 Å². The number of halogens is 1. The van der Waals surface area contributed by atoms with Gasteiger partial charge in [-0.15, -0.1) is 0 Å². The fourth-order valence-electron chi connectivity index (χ4n) is 1.72. The molecule has 0 aliphatic carbocycles. The average Bonchev–Trinajstić information content (AvgIpc) is 2.35. The molecule has 0 aliphatic rings. The number of benzene rings is 1. The number of carbonyl (C=O) groups excluding carboxylic acids is 1. The van der Waals surface area contributed by atoms with E-state index in [9.17, 15) is 9.90 Å². The minimum absolute atomic E-state index is 0.0285. The van der Waals surface area contributed by atoms with Crippen LogP contribution in [0.2, 0.25) is 0 Å². The molecule has 4 heteroatoms. The number of para-hydroxylation sites is 1. The number of rotatable bonds is 4. The lowest BCUT2D eigenvalue weighted by Crippen LogP contribution is -2.37. The van der Waals surface area contributed by atoms with Gasteiger partial charge in [-0.25, -0.2) is 0 Å². The maximum atomic E-state index is 12.2. The highest BCUT2D eigenvalue weighted by Crippen LogP contribution is 2.28. The summed E-state index contributed by atoms with van der Waals surface area (Å²) in [6.07, 6.45) is 0. The highest BCUT2D eigenvalue weighted by atomic mass is 79.9. The quantitative estimate of drug-likeness (QED) is 0.866. The second kappa shape index (κ2) is 6.23. The fraction of sp³-hybridized carbons (Fsp3) is 0.500. The Morgan fingerprint density at radius 1 is 1.28 bits per heavy atom. The Kier molecular flexibility index (Phi) is 5.20. The summed E-state index contributed by atoms with van der Waals surface area (Å²) in [5, 5.41) is 9.81. The third kappa shape index (κ3) is 3.25. The molecule has 0 saturated heterocycles. The molecule has 0 saturated carbocycles. The molecule has 0 fully saturated rings. The lowest BCUT2D eigenvalue weighted by Gasteiger charge is -2.29. The molecule has 0 bridgehead atoms. The number of nitrogens with zero attached hydrogens (tertiary/aromatic N) is 1. The van der Waals surface area contributed by atoms with Gasteiger partial charge < -0.3 is 10.0 Å². The van der Waals surface area contributed by atoms with E-state index in [0.717, 1.165) is 5.56 Å². The maximum Gasteiger partial charge on any atom is 0.236 e. The number of carbonyl (C=O) groups is 1. The number of hydrogen-bond donors (Lipinski definition) is 1. The highest BCUT2D eigenvalue weighted by Gasteiger charge is 2.26. The second-order valence-electron chi connectivity index (χ2n) is 4.83. The van der Waals surface area contributed by atoms with Gasteiger partial charge in [-0.1, -0.05) is 48.0 Å². The second-order valence-corrected chi connectivity index (χ2v) is 5.82. The van der Waals surface area contributed by atoms with Crippen molar-refractivity contribution in [3.05, 3.63) is 29.8 Å². The van der Waals surface area contributed by atoms with Gasteiger partial charge in [-0.3, -0.25) is 4.79 Å². The van der Waals surface area contributed by atoms with Gasteiger partial charge in [0.2, 0.25) is 5.91 Å². The summed E-state index contributed by atoms with van der Waals surface area (Å²) >= 11 is 3.41. The van der Waals surface area contributed by atoms with Crippen LogP contribution in [-0.2, 0) is 4.79 Å². The van der Waals surface area contributed by atoms with Crippen LogP contribution in [0.4, 0.5) is 0 Å². The van der Waals surface area contributed by atoms with E-state index in [-0.39, 0.29) is 28.4 Å². The van der Waals surface area contributed by atoms with Crippen LogP contribution in [0.1, 0.15) is 32.4 Å². The Labute approximate surface area is 117 Å². The van der Waals surface area contributed by atoms with Crippen molar-refractivity contribution < 1.29 is 9.90 Å². The third-order valence-corrected chi connectivity index (χ3v) is 4.59. The first-order chi connectivity index (χ1) is 8.36. The molecule has 1 rings (SSSR count). The van der Waals surface area contributed by atoms with E-state index in [2.05, 4.69) is 15.9 Å². The summed E-state index contributed by atoms with van der Waals surface area (Å²) in [7, 11) is 1.76. The van der Waals surface area contributed by atoms with Crippen LogP contribution >= 0.6 is 15.9 Å². The molecule has 18 heavy (non-hydrogen) atoms. The standard InChI is InChI=1S/C14H20BrNO2/c1-9(2)13(15)14(18)16(4)10(3)11-7-5-6-8-12(11)17/h5-10,13,17H,1-4H3. The van der Waals surface area contributed by atoms with Crippen LogP contribution in [0.3, 0.4) is 0 Å². The van der Waals surface area contributed by atoms with E-state index in [1.54, 1.807) is 24.1 Å². The molecule has 0 spiro atoms. The van der Waals surface area contributed by atoms with Crippen molar-refractivity contribution >= 4 is 21.8 Å². The van der Waals surface area contributed by atoms with E-state index in [1.165, 1.54) is 0 Å². The molecule has 1 amide bonds. The zero-order chi connectivity index (χ0) is 13.9.